The number of carbonyl (C=O) groups excluding carboxylic acids is 1. The van der Waals surface area contributed by atoms with Crippen LogP contribution in [0.15, 0.2) is 12.2 Å². The van der Waals surface area contributed by atoms with Crippen molar-refractivity contribution < 1.29 is 19.3 Å². The third-order valence-electron chi connectivity index (χ3n) is 0.906. The van der Waals surface area contributed by atoms with Crippen LogP contribution in [0.1, 0.15) is 13.8 Å². The van der Waals surface area contributed by atoms with E-state index in [1.54, 1.807) is 6.92 Å². The molecule has 0 rings (SSSR count). The second-order valence-corrected chi connectivity index (χ2v) is 1.85. The van der Waals surface area contributed by atoms with Crippen molar-refractivity contribution in [2.24, 2.45) is 0 Å². The second-order valence-electron chi connectivity index (χ2n) is 1.85. The molecule has 0 bridgehead atoms. The summed E-state index contributed by atoms with van der Waals surface area (Å²) in [6, 6.07) is 0. The van der Waals surface area contributed by atoms with Crippen LogP contribution in [0.5, 0.6) is 0 Å². The molecular weight excluding hydrogens is 160 g/mol. The minimum absolute atomic E-state index is 0.257. The molecule has 0 aliphatic rings. The quantitative estimate of drug-likeness (QED) is 0.199. The lowest BCUT2D eigenvalue weighted by Crippen LogP contribution is -2.00. The molecule has 4 nitrogen and oxygen atoms in total. The van der Waals surface area contributed by atoms with Crippen LogP contribution in [-0.2, 0) is 19.3 Å². The van der Waals surface area contributed by atoms with Gasteiger partial charge in [-0.2, -0.15) is 0 Å². The number of hydrogen-bond acceptors (Lipinski definition) is 4. The molecule has 0 radical (unpaired) electrons. The lowest BCUT2D eigenvalue weighted by Gasteiger charge is -1.96. The highest BCUT2D eigenvalue weighted by molar-refractivity contribution is 5.81. The Morgan fingerprint density at radius 1 is 1.25 bits per heavy atom. The van der Waals surface area contributed by atoms with Crippen molar-refractivity contribution in [1.82, 2.24) is 0 Å². The van der Waals surface area contributed by atoms with Crippen molar-refractivity contribution in [3.05, 3.63) is 12.2 Å². The van der Waals surface area contributed by atoms with E-state index in [9.17, 15) is 4.79 Å². The van der Waals surface area contributed by atoms with Gasteiger partial charge in [0, 0.05) is 6.08 Å². The van der Waals surface area contributed by atoms with Gasteiger partial charge < -0.3 is 4.74 Å². The van der Waals surface area contributed by atoms with Crippen LogP contribution < -0.4 is 0 Å². The summed E-state index contributed by atoms with van der Waals surface area (Å²) in [5, 5.41) is 0. The van der Waals surface area contributed by atoms with Gasteiger partial charge in [-0.05, 0) is 19.9 Å². The summed E-state index contributed by atoms with van der Waals surface area (Å²) in [7, 11) is 0. The number of rotatable bonds is 6. The summed E-state index contributed by atoms with van der Waals surface area (Å²) in [6.07, 6.45) is 2.84. The van der Waals surface area contributed by atoms with Gasteiger partial charge in [-0.1, -0.05) is 0 Å². The van der Waals surface area contributed by atoms with E-state index in [-0.39, 0.29) is 12.6 Å². The minimum atomic E-state index is -0.363. The van der Waals surface area contributed by atoms with Crippen LogP contribution in [-0.4, -0.2) is 25.8 Å². The van der Waals surface area contributed by atoms with Crippen LogP contribution in [0.3, 0.4) is 0 Å². The molecule has 0 aliphatic heterocycles. The summed E-state index contributed by atoms with van der Waals surface area (Å²) in [4.78, 5) is 19.9. The first-order chi connectivity index (χ1) is 5.81. The maximum Gasteiger partial charge on any atom is 0.330 e. The van der Waals surface area contributed by atoms with Gasteiger partial charge >= 0.3 is 5.97 Å². The van der Waals surface area contributed by atoms with Gasteiger partial charge in [0.15, 0.2) is 0 Å². The van der Waals surface area contributed by atoms with E-state index in [4.69, 9.17) is 0 Å². The molecule has 0 aromatic heterocycles. The summed E-state index contributed by atoms with van der Waals surface area (Å²) in [6.45, 7) is 4.70. The Hall–Kier alpha value is -0.870. The zero-order valence-electron chi connectivity index (χ0n) is 7.41. The van der Waals surface area contributed by atoms with E-state index in [1.807, 2.05) is 6.92 Å². The van der Waals surface area contributed by atoms with E-state index in [0.717, 1.165) is 0 Å². The molecule has 0 fully saturated rings. The molecule has 0 heterocycles. The number of esters is 1. The molecule has 70 valence electrons. The predicted molar refractivity (Wildman–Crippen MR) is 43.4 cm³/mol. The highest BCUT2D eigenvalue weighted by atomic mass is 17.2. The van der Waals surface area contributed by atoms with E-state index < -0.39 is 0 Å². The average molecular weight is 174 g/mol. The summed E-state index contributed by atoms with van der Waals surface area (Å²) < 4.78 is 4.63. The molecule has 0 aromatic rings. The molecular formula is C8H14O4. The van der Waals surface area contributed by atoms with Crippen LogP contribution in [0, 0.1) is 0 Å². The van der Waals surface area contributed by atoms with Crippen LogP contribution in [0.25, 0.3) is 0 Å². The summed E-state index contributed by atoms with van der Waals surface area (Å²) in [5.74, 6) is -0.363. The second kappa shape index (κ2) is 8.23. The Balaban J connectivity index is 3.29. The fourth-order valence-corrected chi connectivity index (χ4v) is 0.505. The van der Waals surface area contributed by atoms with Gasteiger partial charge in [0.25, 0.3) is 0 Å². The Morgan fingerprint density at radius 3 is 2.58 bits per heavy atom. The minimum Gasteiger partial charge on any atom is -0.463 e. The molecule has 0 saturated carbocycles. The standard InChI is InChI=1S/C8H14O4/c1-3-10-8(9)6-5-7-12-11-4-2/h5-6H,3-4,7H2,1-2H3. The molecule has 0 amide bonds. The first kappa shape index (κ1) is 11.1. The molecule has 0 unspecified atom stereocenters. The zero-order valence-corrected chi connectivity index (χ0v) is 7.41. The van der Waals surface area contributed by atoms with E-state index in [1.165, 1.54) is 12.2 Å². The molecule has 12 heavy (non-hydrogen) atoms. The molecule has 0 N–H and O–H groups in total. The smallest absolute Gasteiger partial charge is 0.330 e. The number of carbonyl (C=O) groups is 1. The number of hydrogen-bond donors (Lipinski definition) is 0. The van der Waals surface area contributed by atoms with Gasteiger partial charge in [0.1, 0.15) is 6.61 Å². The highest BCUT2D eigenvalue weighted by Crippen LogP contribution is 1.83. The normalized spacial score (nSPS) is 10.5. The van der Waals surface area contributed by atoms with Crippen LogP contribution >= 0.6 is 0 Å². The zero-order chi connectivity index (χ0) is 9.23. The van der Waals surface area contributed by atoms with Crippen molar-refractivity contribution in [3.8, 4) is 0 Å². The lowest BCUT2D eigenvalue weighted by atomic mass is 10.5. The van der Waals surface area contributed by atoms with Crippen molar-refractivity contribution in [1.29, 1.82) is 0 Å². The molecule has 0 aliphatic carbocycles. The van der Waals surface area contributed by atoms with Crippen molar-refractivity contribution in [2.45, 2.75) is 13.8 Å². The Labute approximate surface area is 72.0 Å². The third kappa shape index (κ3) is 7.24. The maximum atomic E-state index is 10.7. The average Bonchev–Trinajstić information content (AvgIpc) is 2.05. The highest BCUT2D eigenvalue weighted by Gasteiger charge is 1.91. The van der Waals surface area contributed by atoms with E-state index >= 15 is 0 Å². The predicted octanol–water partition coefficient (Wildman–Crippen LogP) is 1.07. The van der Waals surface area contributed by atoms with Crippen LogP contribution in [0.4, 0.5) is 0 Å². The first-order valence-corrected chi connectivity index (χ1v) is 3.89. The first-order valence-electron chi connectivity index (χ1n) is 3.89. The van der Waals surface area contributed by atoms with Crippen molar-refractivity contribution in [2.75, 3.05) is 19.8 Å². The molecule has 0 saturated heterocycles. The molecule has 0 atom stereocenters. The largest absolute Gasteiger partial charge is 0.463 e. The molecule has 4 heteroatoms. The lowest BCUT2D eigenvalue weighted by molar-refractivity contribution is -0.282. The Morgan fingerprint density at radius 2 is 2.00 bits per heavy atom. The van der Waals surface area contributed by atoms with Gasteiger partial charge in [-0.25, -0.2) is 14.6 Å². The van der Waals surface area contributed by atoms with Gasteiger partial charge in [-0.15, -0.1) is 0 Å². The van der Waals surface area contributed by atoms with E-state index in [2.05, 4.69) is 14.5 Å². The van der Waals surface area contributed by atoms with Gasteiger partial charge in [-0.3, -0.25) is 0 Å². The third-order valence-corrected chi connectivity index (χ3v) is 0.906. The topological polar surface area (TPSA) is 44.8 Å². The fraction of sp³-hybridized carbons (Fsp3) is 0.625. The fourth-order valence-electron chi connectivity index (χ4n) is 0.505. The molecule has 0 spiro atoms. The monoisotopic (exact) mass is 174 g/mol. The Bertz CT molecular complexity index is 142. The van der Waals surface area contributed by atoms with Crippen molar-refractivity contribution >= 4 is 5.97 Å². The van der Waals surface area contributed by atoms with Crippen molar-refractivity contribution in [3.63, 3.8) is 0 Å². The maximum absolute atomic E-state index is 10.7. The van der Waals surface area contributed by atoms with E-state index in [0.29, 0.717) is 13.2 Å². The van der Waals surface area contributed by atoms with Gasteiger partial charge in [0.05, 0.1) is 13.2 Å². The SMILES string of the molecule is CCOOCC=CC(=O)OCC. The summed E-state index contributed by atoms with van der Waals surface area (Å²) >= 11 is 0. The summed E-state index contributed by atoms with van der Waals surface area (Å²) in [5.41, 5.74) is 0. The molecule has 0 aromatic carbocycles. The van der Waals surface area contributed by atoms with Gasteiger partial charge in [0.2, 0.25) is 0 Å². The number of ether oxygens (including phenoxy) is 1. The Kier molecular flexibility index (Phi) is 7.63. The van der Waals surface area contributed by atoms with Crippen LogP contribution in [0.2, 0.25) is 0 Å².